The van der Waals surface area contributed by atoms with Crippen LogP contribution in [0.1, 0.15) is 12.5 Å². The fourth-order valence-corrected chi connectivity index (χ4v) is 1.34. The molecule has 17 heavy (non-hydrogen) atoms. The van der Waals surface area contributed by atoms with E-state index in [0.29, 0.717) is 0 Å². The van der Waals surface area contributed by atoms with Crippen molar-refractivity contribution in [3.8, 4) is 0 Å². The summed E-state index contributed by atoms with van der Waals surface area (Å²) < 4.78 is 0. The van der Waals surface area contributed by atoms with Gasteiger partial charge in [0.15, 0.2) is 0 Å². The highest BCUT2D eigenvalue weighted by Gasteiger charge is 2.22. The van der Waals surface area contributed by atoms with Gasteiger partial charge in [-0.05, 0) is 12.5 Å². The van der Waals surface area contributed by atoms with Crippen LogP contribution in [0.15, 0.2) is 30.3 Å². The molecule has 92 valence electrons. The molecule has 1 unspecified atom stereocenters. The summed E-state index contributed by atoms with van der Waals surface area (Å²) in [6.07, 6.45) is -1.03. The van der Waals surface area contributed by atoms with Gasteiger partial charge >= 0.3 is 5.97 Å². The van der Waals surface area contributed by atoms with E-state index in [2.05, 4.69) is 5.32 Å². The van der Waals surface area contributed by atoms with Crippen LogP contribution < -0.4 is 5.32 Å². The molecule has 5 nitrogen and oxygen atoms in total. The number of carbonyl (C=O) groups excluding carboxylic acids is 1. The molecule has 0 aliphatic carbocycles. The van der Waals surface area contributed by atoms with Crippen LogP contribution in [0.2, 0.25) is 0 Å². The van der Waals surface area contributed by atoms with E-state index in [-0.39, 0.29) is 6.42 Å². The second-order valence-corrected chi connectivity index (χ2v) is 3.77. The van der Waals surface area contributed by atoms with Crippen molar-refractivity contribution in [1.82, 2.24) is 5.32 Å². The predicted molar refractivity (Wildman–Crippen MR) is 61.4 cm³/mol. The number of aliphatic hydroxyl groups is 1. The second kappa shape index (κ2) is 6.00. The van der Waals surface area contributed by atoms with Crippen LogP contribution in [0.5, 0.6) is 0 Å². The van der Waals surface area contributed by atoms with E-state index in [1.54, 1.807) is 24.3 Å². The number of rotatable bonds is 5. The maximum atomic E-state index is 11.2. The van der Waals surface area contributed by atoms with Gasteiger partial charge in [-0.25, -0.2) is 4.79 Å². The van der Waals surface area contributed by atoms with E-state index in [4.69, 9.17) is 10.2 Å². The number of aliphatic hydroxyl groups excluding tert-OH is 1. The number of amides is 1. The van der Waals surface area contributed by atoms with E-state index >= 15 is 0 Å². The van der Waals surface area contributed by atoms with Gasteiger partial charge in [-0.15, -0.1) is 0 Å². The summed E-state index contributed by atoms with van der Waals surface area (Å²) in [7, 11) is 0. The van der Waals surface area contributed by atoms with Crippen LogP contribution in [0, 0.1) is 0 Å². The number of hydrogen-bond acceptors (Lipinski definition) is 3. The molecule has 1 amide bonds. The number of hydrogen-bond donors (Lipinski definition) is 3. The Balaban J connectivity index is 2.68. The van der Waals surface area contributed by atoms with Crippen LogP contribution in [0.25, 0.3) is 0 Å². The van der Waals surface area contributed by atoms with Gasteiger partial charge in [0.05, 0.1) is 0 Å². The molecule has 0 fully saturated rings. The van der Waals surface area contributed by atoms with Crippen molar-refractivity contribution in [2.24, 2.45) is 0 Å². The Hall–Kier alpha value is -1.88. The standard InChI is InChI=1S/C12H15NO4/c1-8(14)11(15)13-10(12(16)17)7-9-5-3-2-4-6-9/h2-6,8,10,14H,7H2,1H3,(H,13,15)(H,16,17)/t8?,10-/m0/s1. The van der Waals surface area contributed by atoms with E-state index in [0.717, 1.165) is 5.56 Å². The van der Waals surface area contributed by atoms with Gasteiger partial charge < -0.3 is 15.5 Å². The van der Waals surface area contributed by atoms with E-state index < -0.39 is 24.0 Å². The molecule has 0 bridgehead atoms. The maximum absolute atomic E-state index is 11.2. The monoisotopic (exact) mass is 237 g/mol. The third-order valence-electron chi connectivity index (χ3n) is 2.28. The molecule has 0 heterocycles. The highest BCUT2D eigenvalue weighted by Crippen LogP contribution is 2.03. The molecule has 0 aromatic heterocycles. The molecule has 0 aliphatic heterocycles. The minimum absolute atomic E-state index is 0.189. The lowest BCUT2D eigenvalue weighted by Crippen LogP contribution is -2.45. The van der Waals surface area contributed by atoms with Crippen molar-refractivity contribution in [2.75, 3.05) is 0 Å². The first-order valence-electron chi connectivity index (χ1n) is 5.26. The number of carboxylic acid groups (broad SMARTS) is 1. The molecule has 1 aromatic carbocycles. The minimum Gasteiger partial charge on any atom is -0.480 e. The highest BCUT2D eigenvalue weighted by molar-refractivity contribution is 5.86. The first kappa shape index (κ1) is 13.2. The Morgan fingerprint density at radius 2 is 1.88 bits per heavy atom. The van der Waals surface area contributed by atoms with Crippen molar-refractivity contribution < 1.29 is 19.8 Å². The topological polar surface area (TPSA) is 86.6 Å². The van der Waals surface area contributed by atoms with Gasteiger partial charge in [0.2, 0.25) is 5.91 Å². The SMILES string of the molecule is CC(O)C(=O)N[C@@H](Cc1ccccc1)C(=O)O. The normalized spacial score (nSPS) is 13.8. The summed E-state index contributed by atoms with van der Waals surface area (Å²) in [4.78, 5) is 22.2. The summed E-state index contributed by atoms with van der Waals surface area (Å²) >= 11 is 0. The van der Waals surface area contributed by atoms with Gasteiger partial charge in [-0.3, -0.25) is 4.79 Å². The van der Waals surface area contributed by atoms with E-state index in [1.807, 2.05) is 6.07 Å². The number of benzene rings is 1. The van der Waals surface area contributed by atoms with Gasteiger partial charge in [-0.1, -0.05) is 30.3 Å². The number of carbonyl (C=O) groups is 2. The molecule has 0 aliphatic rings. The molecule has 0 radical (unpaired) electrons. The largest absolute Gasteiger partial charge is 0.480 e. The number of carboxylic acids is 1. The van der Waals surface area contributed by atoms with E-state index in [9.17, 15) is 9.59 Å². The zero-order valence-electron chi connectivity index (χ0n) is 9.46. The van der Waals surface area contributed by atoms with Crippen LogP contribution in [-0.4, -0.2) is 34.2 Å². The summed E-state index contributed by atoms with van der Waals surface area (Å²) in [6.45, 7) is 1.29. The third-order valence-corrected chi connectivity index (χ3v) is 2.28. The molecule has 0 saturated heterocycles. The number of nitrogens with one attached hydrogen (secondary N) is 1. The van der Waals surface area contributed by atoms with Crippen molar-refractivity contribution in [2.45, 2.75) is 25.5 Å². The van der Waals surface area contributed by atoms with Crippen LogP contribution in [0.3, 0.4) is 0 Å². The van der Waals surface area contributed by atoms with Gasteiger partial charge in [0.25, 0.3) is 0 Å². The molecule has 3 N–H and O–H groups in total. The van der Waals surface area contributed by atoms with Crippen molar-refractivity contribution in [1.29, 1.82) is 0 Å². The lowest BCUT2D eigenvalue weighted by Gasteiger charge is -2.15. The maximum Gasteiger partial charge on any atom is 0.326 e. The van der Waals surface area contributed by atoms with Crippen LogP contribution in [-0.2, 0) is 16.0 Å². The third kappa shape index (κ3) is 4.24. The summed E-state index contributed by atoms with van der Waals surface area (Å²) in [5.41, 5.74) is 0.811. The second-order valence-electron chi connectivity index (χ2n) is 3.77. The molecular formula is C12H15NO4. The summed E-state index contributed by atoms with van der Waals surface area (Å²) in [6, 6.07) is 7.96. The molecule has 1 rings (SSSR count). The quantitative estimate of drug-likeness (QED) is 0.681. The first-order chi connectivity index (χ1) is 8.00. The Labute approximate surface area is 99.1 Å². The molecule has 0 spiro atoms. The average Bonchev–Trinajstić information content (AvgIpc) is 2.29. The smallest absolute Gasteiger partial charge is 0.326 e. The van der Waals surface area contributed by atoms with Crippen LogP contribution >= 0.6 is 0 Å². The van der Waals surface area contributed by atoms with Crippen molar-refractivity contribution in [3.05, 3.63) is 35.9 Å². The Bertz CT molecular complexity index is 389. The molecule has 1 aromatic rings. The minimum atomic E-state index is -1.22. The molecule has 0 saturated carbocycles. The molecular weight excluding hydrogens is 222 g/mol. The van der Waals surface area contributed by atoms with Crippen molar-refractivity contribution >= 4 is 11.9 Å². The lowest BCUT2D eigenvalue weighted by atomic mass is 10.1. The lowest BCUT2D eigenvalue weighted by molar-refractivity contribution is -0.143. The Kier molecular flexibility index (Phi) is 4.66. The van der Waals surface area contributed by atoms with Crippen LogP contribution in [0.4, 0.5) is 0 Å². The first-order valence-corrected chi connectivity index (χ1v) is 5.26. The summed E-state index contributed by atoms with van der Waals surface area (Å²) in [5.74, 6) is -1.81. The zero-order chi connectivity index (χ0) is 12.8. The van der Waals surface area contributed by atoms with Gasteiger partial charge in [0.1, 0.15) is 12.1 Å². The highest BCUT2D eigenvalue weighted by atomic mass is 16.4. The van der Waals surface area contributed by atoms with Gasteiger partial charge in [0, 0.05) is 6.42 Å². The van der Waals surface area contributed by atoms with Gasteiger partial charge in [-0.2, -0.15) is 0 Å². The molecule has 2 atom stereocenters. The number of aliphatic carboxylic acids is 1. The average molecular weight is 237 g/mol. The fourth-order valence-electron chi connectivity index (χ4n) is 1.34. The summed E-state index contributed by atoms with van der Waals surface area (Å²) in [5, 5.41) is 20.3. The zero-order valence-corrected chi connectivity index (χ0v) is 9.46. The van der Waals surface area contributed by atoms with Crippen molar-refractivity contribution in [3.63, 3.8) is 0 Å². The fraction of sp³-hybridized carbons (Fsp3) is 0.333. The Morgan fingerprint density at radius 1 is 1.29 bits per heavy atom. The molecule has 5 heteroatoms. The Morgan fingerprint density at radius 3 is 2.35 bits per heavy atom. The van der Waals surface area contributed by atoms with E-state index in [1.165, 1.54) is 6.92 Å². The predicted octanol–water partition coefficient (Wildman–Crippen LogP) is 0.179.